The Balaban J connectivity index is 1.48. The summed E-state index contributed by atoms with van der Waals surface area (Å²) >= 11 is 5.96. The fourth-order valence-corrected chi connectivity index (χ4v) is 4.18. The van der Waals surface area contributed by atoms with Crippen LogP contribution in [0.3, 0.4) is 0 Å². The number of nitrogens with zero attached hydrogens (tertiary/aromatic N) is 2. The summed E-state index contributed by atoms with van der Waals surface area (Å²) in [5.41, 5.74) is 2.78. The largest absolute Gasteiger partial charge is 0.493 e. The molecule has 0 aromatic heterocycles. The lowest BCUT2D eigenvalue weighted by Crippen LogP contribution is -2.42. The van der Waals surface area contributed by atoms with E-state index in [1.54, 1.807) is 19.2 Å². The highest BCUT2D eigenvalue weighted by molar-refractivity contribution is 6.31. The van der Waals surface area contributed by atoms with Crippen LogP contribution in [0.5, 0.6) is 11.5 Å². The van der Waals surface area contributed by atoms with E-state index in [4.69, 9.17) is 25.8 Å². The molecule has 0 bridgehead atoms. The first-order valence-corrected chi connectivity index (χ1v) is 11.2. The van der Waals surface area contributed by atoms with E-state index in [2.05, 4.69) is 20.4 Å². The van der Waals surface area contributed by atoms with Crippen molar-refractivity contribution in [3.63, 3.8) is 0 Å². The van der Waals surface area contributed by atoms with Crippen LogP contribution in [0.25, 0.3) is 0 Å². The SMILES string of the molecule is COc1cc2c(cc1OCCCN1CCOCC1)C(Nc1ccc(F)c(Cl)c1)NCN2C. The third kappa shape index (κ3) is 5.38. The summed E-state index contributed by atoms with van der Waals surface area (Å²) in [6.07, 6.45) is 0.734. The Morgan fingerprint density at radius 1 is 1.22 bits per heavy atom. The van der Waals surface area contributed by atoms with Gasteiger partial charge in [-0.05, 0) is 30.7 Å². The van der Waals surface area contributed by atoms with Gasteiger partial charge in [0.25, 0.3) is 0 Å². The summed E-state index contributed by atoms with van der Waals surface area (Å²) in [5, 5.41) is 6.93. The molecule has 0 radical (unpaired) electrons. The molecule has 2 aliphatic heterocycles. The van der Waals surface area contributed by atoms with E-state index in [9.17, 15) is 4.39 Å². The highest BCUT2D eigenvalue weighted by Crippen LogP contribution is 2.40. The van der Waals surface area contributed by atoms with Crippen molar-refractivity contribution in [1.82, 2.24) is 10.2 Å². The molecule has 2 aliphatic rings. The second kappa shape index (κ2) is 10.6. The van der Waals surface area contributed by atoms with Gasteiger partial charge in [-0.3, -0.25) is 10.2 Å². The van der Waals surface area contributed by atoms with Crippen molar-refractivity contribution in [3.05, 3.63) is 46.7 Å². The van der Waals surface area contributed by atoms with Crippen LogP contribution in [0, 0.1) is 5.82 Å². The van der Waals surface area contributed by atoms with E-state index in [-0.39, 0.29) is 11.2 Å². The smallest absolute Gasteiger partial charge is 0.162 e. The van der Waals surface area contributed by atoms with Crippen LogP contribution in [-0.2, 0) is 4.74 Å². The first-order valence-electron chi connectivity index (χ1n) is 10.9. The highest BCUT2D eigenvalue weighted by Gasteiger charge is 2.26. The molecule has 0 aliphatic carbocycles. The first kappa shape index (κ1) is 22.9. The minimum Gasteiger partial charge on any atom is -0.493 e. The van der Waals surface area contributed by atoms with Gasteiger partial charge in [-0.2, -0.15) is 0 Å². The molecule has 0 saturated carbocycles. The first-order chi connectivity index (χ1) is 15.5. The number of anilines is 2. The summed E-state index contributed by atoms with van der Waals surface area (Å²) < 4.78 is 30.7. The Hall–Kier alpha value is -2.26. The van der Waals surface area contributed by atoms with Gasteiger partial charge in [-0.15, -0.1) is 0 Å². The van der Waals surface area contributed by atoms with Gasteiger partial charge in [0, 0.05) is 49.7 Å². The van der Waals surface area contributed by atoms with E-state index < -0.39 is 5.82 Å². The van der Waals surface area contributed by atoms with Gasteiger partial charge >= 0.3 is 0 Å². The zero-order valence-corrected chi connectivity index (χ0v) is 19.3. The molecule has 32 heavy (non-hydrogen) atoms. The maximum absolute atomic E-state index is 13.5. The highest BCUT2D eigenvalue weighted by atomic mass is 35.5. The summed E-state index contributed by atoms with van der Waals surface area (Å²) in [5.74, 6) is 0.966. The second-order valence-electron chi connectivity index (χ2n) is 7.98. The molecule has 2 aromatic rings. The van der Waals surface area contributed by atoms with Gasteiger partial charge in [0.05, 0.1) is 38.6 Å². The summed E-state index contributed by atoms with van der Waals surface area (Å²) in [6.45, 7) is 5.77. The van der Waals surface area contributed by atoms with Crippen molar-refractivity contribution in [2.45, 2.75) is 12.6 Å². The summed E-state index contributed by atoms with van der Waals surface area (Å²) in [6, 6.07) is 8.63. The zero-order valence-electron chi connectivity index (χ0n) is 18.5. The quantitative estimate of drug-likeness (QED) is 0.578. The third-order valence-corrected chi connectivity index (χ3v) is 6.07. The minimum absolute atomic E-state index is 0.0853. The van der Waals surface area contributed by atoms with Gasteiger partial charge in [-0.25, -0.2) is 4.39 Å². The molecule has 2 aromatic carbocycles. The van der Waals surface area contributed by atoms with Crippen LogP contribution in [0.1, 0.15) is 18.2 Å². The predicted octanol–water partition coefficient (Wildman–Crippen LogP) is 3.70. The molecule has 7 nitrogen and oxygen atoms in total. The van der Waals surface area contributed by atoms with Gasteiger partial charge in [0.1, 0.15) is 12.0 Å². The molecule has 4 rings (SSSR count). The standard InChI is InChI=1S/C23H30ClFN4O3/c1-28-15-26-23(27-16-4-5-19(25)18(24)12-16)17-13-22(21(30-2)14-20(17)28)32-9-3-6-29-7-10-31-11-8-29/h4-5,12-14,23,26-27H,3,6-11,15H2,1-2H3. The van der Waals surface area contributed by atoms with Crippen LogP contribution in [0.15, 0.2) is 30.3 Å². The molecule has 2 heterocycles. The number of hydrogen-bond acceptors (Lipinski definition) is 7. The van der Waals surface area contributed by atoms with Crippen molar-refractivity contribution in [2.24, 2.45) is 0 Å². The lowest BCUT2D eigenvalue weighted by Gasteiger charge is -2.35. The topological polar surface area (TPSA) is 58.2 Å². The van der Waals surface area contributed by atoms with Gasteiger partial charge < -0.3 is 24.4 Å². The van der Waals surface area contributed by atoms with E-state index >= 15 is 0 Å². The molecule has 9 heteroatoms. The van der Waals surface area contributed by atoms with E-state index in [0.717, 1.165) is 56.2 Å². The Bertz CT molecular complexity index is 926. The Kier molecular flexibility index (Phi) is 7.57. The van der Waals surface area contributed by atoms with Gasteiger partial charge in [-0.1, -0.05) is 11.6 Å². The number of rotatable bonds is 8. The lowest BCUT2D eigenvalue weighted by atomic mass is 10.1. The maximum atomic E-state index is 13.5. The van der Waals surface area contributed by atoms with Gasteiger partial charge in [0.2, 0.25) is 0 Å². The normalized spacial score (nSPS) is 18.9. The maximum Gasteiger partial charge on any atom is 0.162 e. The molecule has 1 fully saturated rings. The van der Waals surface area contributed by atoms with E-state index in [0.29, 0.717) is 24.8 Å². The summed E-state index contributed by atoms with van der Waals surface area (Å²) in [7, 11) is 3.67. The molecule has 0 spiro atoms. The Morgan fingerprint density at radius 3 is 2.78 bits per heavy atom. The van der Waals surface area contributed by atoms with E-state index in [1.165, 1.54) is 6.07 Å². The van der Waals surface area contributed by atoms with Crippen LogP contribution in [0.4, 0.5) is 15.8 Å². The predicted molar refractivity (Wildman–Crippen MR) is 125 cm³/mol. The number of nitrogens with one attached hydrogen (secondary N) is 2. The number of fused-ring (bicyclic) bond motifs is 1. The molecule has 2 N–H and O–H groups in total. The zero-order chi connectivity index (χ0) is 22.5. The third-order valence-electron chi connectivity index (χ3n) is 5.78. The molecule has 174 valence electrons. The number of morpholine rings is 1. The molecule has 1 atom stereocenters. The lowest BCUT2D eigenvalue weighted by molar-refractivity contribution is 0.0357. The van der Waals surface area contributed by atoms with Crippen LogP contribution in [0.2, 0.25) is 5.02 Å². The van der Waals surface area contributed by atoms with Crippen molar-refractivity contribution < 1.29 is 18.6 Å². The fourth-order valence-electron chi connectivity index (χ4n) is 4.00. The molecular formula is C23H30ClFN4O3. The molecular weight excluding hydrogens is 435 g/mol. The van der Waals surface area contributed by atoms with Crippen molar-refractivity contribution in [3.8, 4) is 11.5 Å². The minimum atomic E-state index is -0.438. The molecule has 1 saturated heterocycles. The van der Waals surface area contributed by atoms with E-state index in [1.807, 2.05) is 19.2 Å². The van der Waals surface area contributed by atoms with Crippen LogP contribution >= 0.6 is 11.6 Å². The number of benzene rings is 2. The average Bonchev–Trinajstić information content (AvgIpc) is 2.81. The number of ether oxygens (including phenoxy) is 3. The van der Waals surface area contributed by atoms with Crippen LogP contribution < -0.4 is 25.0 Å². The Labute approximate surface area is 193 Å². The van der Waals surface area contributed by atoms with Crippen molar-refractivity contribution in [2.75, 3.05) is 70.5 Å². The average molecular weight is 465 g/mol. The number of methoxy groups -OCH3 is 1. The Morgan fingerprint density at radius 2 is 2.03 bits per heavy atom. The van der Waals surface area contributed by atoms with Crippen molar-refractivity contribution >= 4 is 23.0 Å². The molecule has 1 unspecified atom stereocenters. The number of hydrogen-bond donors (Lipinski definition) is 2. The fraction of sp³-hybridized carbons (Fsp3) is 0.478. The van der Waals surface area contributed by atoms with Crippen molar-refractivity contribution in [1.29, 1.82) is 0 Å². The van der Waals surface area contributed by atoms with Crippen LogP contribution in [-0.4, -0.2) is 65.2 Å². The summed E-state index contributed by atoms with van der Waals surface area (Å²) in [4.78, 5) is 4.50. The van der Waals surface area contributed by atoms with Gasteiger partial charge in [0.15, 0.2) is 11.5 Å². The number of halogens is 2. The monoisotopic (exact) mass is 464 g/mol. The second-order valence-corrected chi connectivity index (χ2v) is 8.39. The molecule has 0 amide bonds.